The average molecular weight is 292 g/mol. The van der Waals surface area contributed by atoms with Gasteiger partial charge >= 0.3 is 0 Å². The summed E-state index contributed by atoms with van der Waals surface area (Å²) >= 11 is 2.08. The Labute approximate surface area is 128 Å². The molecule has 4 atom stereocenters. The van der Waals surface area contributed by atoms with E-state index < -0.39 is 0 Å². The molecule has 0 amide bonds. The summed E-state index contributed by atoms with van der Waals surface area (Å²) in [6, 6.07) is 9.62. The van der Waals surface area contributed by atoms with Gasteiger partial charge in [-0.05, 0) is 56.7 Å². The first-order chi connectivity index (χ1) is 9.60. The van der Waals surface area contributed by atoms with Crippen LogP contribution in [0, 0.1) is 18.8 Å². The zero-order chi connectivity index (χ0) is 14.5. The second-order valence-corrected chi connectivity index (χ2v) is 7.76. The smallest absolute Gasteiger partial charge is 0.0274 e. The lowest BCUT2D eigenvalue weighted by Crippen LogP contribution is -2.46. The lowest BCUT2D eigenvalue weighted by molar-refractivity contribution is 0.249. The van der Waals surface area contributed by atoms with Crippen molar-refractivity contribution in [3.63, 3.8) is 0 Å². The molecule has 4 unspecified atom stereocenters. The fourth-order valence-electron chi connectivity index (χ4n) is 3.40. The van der Waals surface area contributed by atoms with Crippen LogP contribution < -0.4 is 5.32 Å². The molecule has 1 aromatic carbocycles. The second-order valence-electron chi connectivity index (χ2n) is 6.51. The van der Waals surface area contributed by atoms with Gasteiger partial charge < -0.3 is 5.32 Å². The van der Waals surface area contributed by atoms with E-state index in [0.29, 0.717) is 11.3 Å². The Morgan fingerprint density at radius 3 is 2.75 bits per heavy atom. The number of aryl methyl sites for hydroxylation is 1. The van der Waals surface area contributed by atoms with Crippen molar-refractivity contribution in [1.82, 2.24) is 5.32 Å². The molecule has 2 heteroatoms. The summed E-state index contributed by atoms with van der Waals surface area (Å²) in [4.78, 5) is 1.43. The Kier molecular flexibility index (Phi) is 5.98. The Hall–Kier alpha value is -0.470. The van der Waals surface area contributed by atoms with E-state index in [0.717, 1.165) is 18.4 Å². The van der Waals surface area contributed by atoms with Crippen molar-refractivity contribution in [3.05, 3.63) is 29.8 Å². The van der Waals surface area contributed by atoms with E-state index in [4.69, 9.17) is 0 Å². The molecule has 1 nitrogen and oxygen atoms in total. The Morgan fingerprint density at radius 2 is 2.05 bits per heavy atom. The van der Waals surface area contributed by atoms with Crippen molar-refractivity contribution >= 4 is 11.8 Å². The van der Waals surface area contributed by atoms with Crippen LogP contribution >= 0.6 is 11.8 Å². The topological polar surface area (TPSA) is 12.0 Å². The third-order valence-electron chi connectivity index (χ3n) is 4.31. The van der Waals surface area contributed by atoms with E-state index in [2.05, 4.69) is 69.0 Å². The third-order valence-corrected chi connectivity index (χ3v) is 5.90. The highest BCUT2D eigenvalue weighted by molar-refractivity contribution is 8.00. The first kappa shape index (κ1) is 15.9. The van der Waals surface area contributed by atoms with Gasteiger partial charge in [0.2, 0.25) is 0 Å². The van der Waals surface area contributed by atoms with Crippen molar-refractivity contribution in [3.8, 4) is 0 Å². The van der Waals surface area contributed by atoms with E-state index in [1.54, 1.807) is 0 Å². The van der Waals surface area contributed by atoms with Gasteiger partial charge in [0, 0.05) is 16.2 Å². The summed E-state index contributed by atoms with van der Waals surface area (Å²) in [5, 5.41) is 4.50. The molecule has 0 radical (unpaired) electrons. The van der Waals surface area contributed by atoms with E-state index in [1.165, 1.54) is 29.7 Å². The Morgan fingerprint density at radius 1 is 1.25 bits per heavy atom. The van der Waals surface area contributed by atoms with Gasteiger partial charge in [-0.1, -0.05) is 38.5 Å². The zero-order valence-corrected chi connectivity index (χ0v) is 14.2. The van der Waals surface area contributed by atoms with Gasteiger partial charge in [0.1, 0.15) is 0 Å². The molecule has 1 aliphatic carbocycles. The number of rotatable bonds is 5. The van der Waals surface area contributed by atoms with E-state index in [1.807, 2.05) is 0 Å². The maximum Gasteiger partial charge on any atom is 0.0274 e. The van der Waals surface area contributed by atoms with Crippen LogP contribution in [0.15, 0.2) is 29.2 Å². The molecule has 1 saturated carbocycles. The highest BCUT2D eigenvalue weighted by atomic mass is 32.2. The van der Waals surface area contributed by atoms with Crippen LogP contribution in [-0.2, 0) is 0 Å². The Bertz CT molecular complexity index is 418. The molecular formula is C18H29NS. The minimum Gasteiger partial charge on any atom is -0.313 e. The van der Waals surface area contributed by atoms with E-state index in [-0.39, 0.29) is 0 Å². The Balaban J connectivity index is 2.08. The highest BCUT2D eigenvalue weighted by Crippen LogP contribution is 2.39. The SMILES string of the molecule is CCCNC1CC(C)CC(C)C1Sc1cccc(C)c1. The molecule has 0 aliphatic heterocycles. The van der Waals surface area contributed by atoms with Gasteiger partial charge in [0.25, 0.3) is 0 Å². The van der Waals surface area contributed by atoms with E-state index >= 15 is 0 Å². The van der Waals surface area contributed by atoms with E-state index in [9.17, 15) is 0 Å². The third kappa shape index (κ3) is 4.26. The average Bonchev–Trinajstić information content (AvgIpc) is 2.40. The van der Waals surface area contributed by atoms with Crippen LogP contribution in [0.4, 0.5) is 0 Å². The van der Waals surface area contributed by atoms with Crippen LogP contribution in [0.25, 0.3) is 0 Å². The number of thioether (sulfide) groups is 1. The number of nitrogens with one attached hydrogen (secondary N) is 1. The molecule has 0 spiro atoms. The van der Waals surface area contributed by atoms with Crippen molar-refractivity contribution in [1.29, 1.82) is 0 Å². The van der Waals surface area contributed by atoms with Gasteiger partial charge in [-0.25, -0.2) is 0 Å². The summed E-state index contributed by atoms with van der Waals surface area (Å²) in [5.41, 5.74) is 1.37. The predicted octanol–water partition coefficient (Wildman–Crippen LogP) is 4.89. The summed E-state index contributed by atoms with van der Waals surface area (Å²) in [5.74, 6) is 1.65. The van der Waals surface area contributed by atoms with Gasteiger partial charge in [-0.3, -0.25) is 0 Å². The van der Waals surface area contributed by atoms with Crippen molar-refractivity contribution in [2.45, 2.75) is 63.1 Å². The van der Waals surface area contributed by atoms with Gasteiger partial charge in [-0.2, -0.15) is 0 Å². The zero-order valence-electron chi connectivity index (χ0n) is 13.4. The number of benzene rings is 1. The van der Waals surface area contributed by atoms with Gasteiger partial charge in [0.15, 0.2) is 0 Å². The molecule has 20 heavy (non-hydrogen) atoms. The van der Waals surface area contributed by atoms with Crippen LogP contribution in [-0.4, -0.2) is 17.8 Å². The molecule has 0 aromatic heterocycles. The number of hydrogen-bond acceptors (Lipinski definition) is 2. The molecule has 1 aliphatic rings. The molecule has 0 bridgehead atoms. The lowest BCUT2D eigenvalue weighted by atomic mass is 9.80. The molecule has 0 saturated heterocycles. The summed E-state index contributed by atoms with van der Waals surface area (Å²) in [7, 11) is 0. The molecule has 2 rings (SSSR count). The summed E-state index contributed by atoms with van der Waals surface area (Å²) in [6.07, 6.45) is 3.92. The van der Waals surface area contributed by atoms with Crippen LogP contribution in [0.5, 0.6) is 0 Å². The summed E-state index contributed by atoms with van der Waals surface area (Å²) in [6.45, 7) is 10.4. The monoisotopic (exact) mass is 291 g/mol. The standard InChI is InChI=1S/C18H29NS/c1-5-9-19-17-12-14(3)10-15(4)18(17)20-16-8-6-7-13(2)11-16/h6-8,11,14-15,17-19H,5,9-10,12H2,1-4H3. The molecule has 0 heterocycles. The molecule has 112 valence electrons. The van der Waals surface area contributed by atoms with Gasteiger partial charge in [0.05, 0.1) is 0 Å². The van der Waals surface area contributed by atoms with Crippen LogP contribution in [0.1, 0.15) is 45.6 Å². The van der Waals surface area contributed by atoms with Crippen molar-refractivity contribution in [2.75, 3.05) is 6.54 Å². The molecule has 1 N–H and O–H groups in total. The molecular weight excluding hydrogens is 262 g/mol. The van der Waals surface area contributed by atoms with Crippen LogP contribution in [0.2, 0.25) is 0 Å². The first-order valence-corrected chi connectivity index (χ1v) is 8.94. The normalized spacial score (nSPS) is 30.4. The molecule has 1 fully saturated rings. The highest BCUT2D eigenvalue weighted by Gasteiger charge is 2.34. The van der Waals surface area contributed by atoms with Crippen LogP contribution in [0.3, 0.4) is 0 Å². The second kappa shape index (κ2) is 7.51. The summed E-state index contributed by atoms with van der Waals surface area (Å²) < 4.78 is 0. The minimum absolute atomic E-state index is 0.666. The minimum atomic E-state index is 0.666. The molecule has 1 aromatic rings. The number of hydrogen-bond donors (Lipinski definition) is 1. The maximum absolute atomic E-state index is 3.80. The maximum atomic E-state index is 3.80. The first-order valence-electron chi connectivity index (χ1n) is 8.06. The van der Waals surface area contributed by atoms with Crippen molar-refractivity contribution in [2.24, 2.45) is 11.8 Å². The van der Waals surface area contributed by atoms with Crippen molar-refractivity contribution < 1.29 is 0 Å². The predicted molar refractivity (Wildman–Crippen MR) is 90.5 cm³/mol. The quantitative estimate of drug-likeness (QED) is 0.829. The lowest BCUT2D eigenvalue weighted by Gasteiger charge is -2.40. The fraction of sp³-hybridized carbons (Fsp3) is 0.667. The fourth-order valence-corrected chi connectivity index (χ4v) is 4.84. The van der Waals surface area contributed by atoms with Gasteiger partial charge in [-0.15, -0.1) is 11.8 Å². The largest absolute Gasteiger partial charge is 0.313 e.